The molecule has 0 aliphatic carbocycles. The first kappa shape index (κ1) is 13.9. The summed E-state index contributed by atoms with van der Waals surface area (Å²) in [5.74, 6) is -2.84. The Morgan fingerprint density at radius 3 is 2.58 bits per heavy atom. The standard InChI is InChI=1S/C13H13F3O3/c14-13(15,16)10-4-2-1-3-9(10)11(12(17)18)8-5-6-19-7-8/h1-4,8,11H,5-7H2,(H,17,18). The highest BCUT2D eigenvalue weighted by Crippen LogP contribution is 2.39. The zero-order valence-electron chi connectivity index (χ0n) is 9.98. The van der Waals surface area contributed by atoms with Crippen LogP contribution in [0, 0.1) is 5.92 Å². The van der Waals surface area contributed by atoms with Gasteiger partial charge in [0, 0.05) is 12.5 Å². The van der Waals surface area contributed by atoms with Gasteiger partial charge in [-0.2, -0.15) is 13.2 Å². The fourth-order valence-corrected chi connectivity index (χ4v) is 2.43. The van der Waals surface area contributed by atoms with Gasteiger partial charge in [-0.3, -0.25) is 4.79 Å². The molecule has 0 bridgehead atoms. The molecule has 1 heterocycles. The van der Waals surface area contributed by atoms with Crippen molar-refractivity contribution in [2.45, 2.75) is 18.5 Å². The quantitative estimate of drug-likeness (QED) is 0.921. The van der Waals surface area contributed by atoms with Gasteiger partial charge in [-0.15, -0.1) is 0 Å². The van der Waals surface area contributed by atoms with E-state index in [4.69, 9.17) is 4.74 Å². The number of carboxylic acid groups (broad SMARTS) is 1. The minimum Gasteiger partial charge on any atom is -0.481 e. The fraction of sp³-hybridized carbons (Fsp3) is 0.462. The van der Waals surface area contributed by atoms with Crippen molar-refractivity contribution in [3.05, 3.63) is 35.4 Å². The summed E-state index contributed by atoms with van der Waals surface area (Å²) in [5, 5.41) is 9.25. The van der Waals surface area contributed by atoms with Crippen LogP contribution in [0.5, 0.6) is 0 Å². The smallest absolute Gasteiger partial charge is 0.416 e. The van der Waals surface area contributed by atoms with Crippen molar-refractivity contribution < 1.29 is 27.8 Å². The van der Waals surface area contributed by atoms with Crippen molar-refractivity contribution in [3.8, 4) is 0 Å². The molecule has 2 atom stereocenters. The van der Waals surface area contributed by atoms with Gasteiger partial charge in [0.2, 0.25) is 0 Å². The van der Waals surface area contributed by atoms with Crippen LogP contribution < -0.4 is 0 Å². The summed E-state index contributed by atoms with van der Waals surface area (Å²) >= 11 is 0. The highest BCUT2D eigenvalue weighted by molar-refractivity contribution is 5.77. The topological polar surface area (TPSA) is 46.5 Å². The van der Waals surface area contributed by atoms with Crippen LogP contribution in [0.25, 0.3) is 0 Å². The zero-order chi connectivity index (χ0) is 14.0. The van der Waals surface area contributed by atoms with E-state index in [1.807, 2.05) is 0 Å². The predicted octanol–water partition coefficient (Wildman–Crippen LogP) is 2.91. The summed E-state index contributed by atoms with van der Waals surface area (Å²) < 4.78 is 43.9. The third-order valence-corrected chi connectivity index (χ3v) is 3.30. The van der Waals surface area contributed by atoms with Gasteiger partial charge in [0.15, 0.2) is 0 Å². The Hall–Kier alpha value is -1.56. The lowest BCUT2D eigenvalue weighted by Crippen LogP contribution is -2.25. The average Bonchev–Trinajstić information content (AvgIpc) is 2.81. The molecule has 0 amide bonds. The molecule has 0 spiro atoms. The van der Waals surface area contributed by atoms with Crippen LogP contribution in [0.3, 0.4) is 0 Å². The summed E-state index contributed by atoms with van der Waals surface area (Å²) in [6, 6.07) is 4.84. The second-order valence-corrected chi connectivity index (χ2v) is 4.52. The van der Waals surface area contributed by atoms with E-state index in [0.29, 0.717) is 13.0 Å². The molecule has 1 aliphatic rings. The maximum Gasteiger partial charge on any atom is 0.416 e. The lowest BCUT2D eigenvalue weighted by Gasteiger charge is -2.22. The summed E-state index contributed by atoms with van der Waals surface area (Å²) in [4.78, 5) is 11.3. The van der Waals surface area contributed by atoms with Crippen molar-refractivity contribution in [3.63, 3.8) is 0 Å². The maximum atomic E-state index is 12.9. The molecule has 1 saturated heterocycles. The Kier molecular flexibility index (Phi) is 3.80. The Morgan fingerprint density at radius 2 is 2.05 bits per heavy atom. The highest BCUT2D eigenvalue weighted by atomic mass is 19.4. The SMILES string of the molecule is O=C(O)C(c1ccccc1C(F)(F)F)C1CCOC1. The van der Waals surface area contributed by atoms with Crippen LogP contribution in [0.2, 0.25) is 0 Å². The molecule has 6 heteroatoms. The third-order valence-electron chi connectivity index (χ3n) is 3.30. The summed E-state index contributed by atoms with van der Waals surface area (Å²) in [7, 11) is 0. The van der Waals surface area contributed by atoms with Gasteiger partial charge in [0.05, 0.1) is 18.1 Å². The molecule has 1 fully saturated rings. The number of halogens is 3. The molecule has 0 aromatic heterocycles. The van der Waals surface area contributed by atoms with Crippen LogP contribution in [0.1, 0.15) is 23.5 Å². The highest BCUT2D eigenvalue weighted by Gasteiger charge is 2.40. The maximum absolute atomic E-state index is 12.9. The van der Waals surface area contributed by atoms with Crippen LogP contribution in [0.4, 0.5) is 13.2 Å². The first-order valence-corrected chi connectivity index (χ1v) is 5.88. The largest absolute Gasteiger partial charge is 0.481 e. The van der Waals surface area contributed by atoms with Gasteiger partial charge in [0.1, 0.15) is 0 Å². The Morgan fingerprint density at radius 1 is 1.37 bits per heavy atom. The second-order valence-electron chi connectivity index (χ2n) is 4.52. The number of carboxylic acids is 1. The van der Waals surface area contributed by atoms with E-state index >= 15 is 0 Å². The predicted molar refractivity (Wildman–Crippen MR) is 60.7 cm³/mol. The summed E-state index contributed by atoms with van der Waals surface area (Å²) in [5.41, 5.74) is -1.06. The Balaban J connectivity index is 2.45. The molecular formula is C13H13F3O3. The van der Waals surface area contributed by atoms with Crippen LogP contribution >= 0.6 is 0 Å². The van der Waals surface area contributed by atoms with Crippen LogP contribution in [-0.2, 0) is 15.7 Å². The minimum atomic E-state index is -4.55. The molecule has 2 rings (SSSR count). The van der Waals surface area contributed by atoms with Gasteiger partial charge < -0.3 is 9.84 Å². The van der Waals surface area contributed by atoms with E-state index in [9.17, 15) is 23.1 Å². The number of aliphatic carboxylic acids is 1. The van der Waals surface area contributed by atoms with Crippen molar-refractivity contribution in [1.82, 2.24) is 0 Å². The average molecular weight is 274 g/mol. The van der Waals surface area contributed by atoms with Gasteiger partial charge in [0.25, 0.3) is 0 Å². The monoisotopic (exact) mass is 274 g/mol. The zero-order valence-corrected chi connectivity index (χ0v) is 9.98. The number of carbonyl (C=O) groups is 1. The first-order chi connectivity index (χ1) is 8.91. The van der Waals surface area contributed by atoms with Gasteiger partial charge in [-0.05, 0) is 18.1 Å². The van der Waals surface area contributed by atoms with Crippen molar-refractivity contribution in [2.75, 3.05) is 13.2 Å². The number of benzene rings is 1. The molecule has 1 aromatic carbocycles. The van der Waals surface area contributed by atoms with E-state index < -0.39 is 29.5 Å². The van der Waals surface area contributed by atoms with E-state index in [1.54, 1.807) is 0 Å². The molecular weight excluding hydrogens is 261 g/mol. The van der Waals surface area contributed by atoms with Gasteiger partial charge >= 0.3 is 12.1 Å². The Labute approximate surface area is 108 Å². The second kappa shape index (κ2) is 5.21. The first-order valence-electron chi connectivity index (χ1n) is 5.88. The van der Waals surface area contributed by atoms with E-state index in [0.717, 1.165) is 6.07 Å². The van der Waals surface area contributed by atoms with Crippen LogP contribution in [0.15, 0.2) is 24.3 Å². The molecule has 1 aliphatic heterocycles. The molecule has 19 heavy (non-hydrogen) atoms. The van der Waals surface area contributed by atoms with E-state index in [-0.39, 0.29) is 12.2 Å². The van der Waals surface area contributed by atoms with Gasteiger partial charge in [-0.25, -0.2) is 0 Å². The molecule has 1 aromatic rings. The molecule has 0 radical (unpaired) electrons. The number of rotatable bonds is 3. The van der Waals surface area contributed by atoms with E-state index in [1.165, 1.54) is 18.2 Å². The number of hydrogen-bond donors (Lipinski definition) is 1. The van der Waals surface area contributed by atoms with E-state index in [2.05, 4.69) is 0 Å². The molecule has 104 valence electrons. The summed E-state index contributed by atoms with van der Waals surface area (Å²) in [6.07, 6.45) is -4.09. The third kappa shape index (κ3) is 2.89. The normalized spacial score (nSPS) is 21.3. The lowest BCUT2D eigenvalue weighted by molar-refractivity contribution is -0.142. The number of ether oxygens (including phenoxy) is 1. The van der Waals surface area contributed by atoms with Crippen LogP contribution in [-0.4, -0.2) is 24.3 Å². The van der Waals surface area contributed by atoms with Crippen molar-refractivity contribution >= 4 is 5.97 Å². The fourth-order valence-electron chi connectivity index (χ4n) is 2.43. The summed E-state index contributed by atoms with van der Waals surface area (Å²) in [6.45, 7) is 0.575. The number of hydrogen-bond acceptors (Lipinski definition) is 2. The molecule has 3 nitrogen and oxygen atoms in total. The van der Waals surface area contributed by atoms with Crippen molar-refractivity contribution in [1.29, 1.82) is 0 Å². The molecule has 0 saturated carbocycles. The number of alkyl halides is 3. The van der Waals surface area contributed by atoms with Gasteiger partial charge in [-0.1, -0.05) is 18.2 Å². The lowest BCUT2D eigenvalue weighted by atomic mass is 9.83. The van der Waals surface area contributed by atoms with Crippen molar-refractivity contribution in [2.24, 2.45) is 5.92 Å². The Bertz CT molecular complexity index is 464. The minimum absolute atomic E-state index is 0.182. The molecule has 2 unspecified atom stereocenters. The molecule has 1 N–H and O–H groups in total.